The molecule has 18 heteroatoms. The smallest absolute Gasteiger partial charge is 0.335 e. The normalized spacial score (nSPS) is 9.95. The zero-order valence-corrected chi connectivity index (χ0v) is 46.8. The summed E-state index contributed by atoms with van der Waals surface area (Å²) in [6.07, 6.45) is 6.78. The minimum absolute atomic E-state index is 0.117. The maximum Gasteiger partial charge on any atom is 0.335 e. The zero-order chi connectivity index (χ0) is 57.7. The quantitative estimate of drug-likeness (QED) is 0.0108. The van der Waals surface area contributed by atoms with Gasteiger partial charge in [0.1, 0.15) is 62.6 Å². The van der Waals surface area contributed by atoms with E-state index in [0.29, 0.717) is 47.7 Å². The Morgan fingerprint density at radius 2 is 0.600 bits per heavy atom. The molecule has 80 heavy (non-hydrogen) atoms. The summed E-state index contributed by atoms with van der Waals surface area (Å²) < 4.78 is 41.3. The van der Waals surface area contributed by atoms with Crippen molar-refractivity contribution in [2.24, 2.45) is 0 Å². The molecule has 0 saturated heterocycles. The molecule has 6 aromatic carbocycles. The van der Waals surface area contributed by atoms with Crippen LogP contribution in [0.5, 0.6) is 23.0 Å². The lowest BCUT2D eigenvalue weighted by molar-refractivity contribution is -0.139. The van der Waals surface area contributed by atoms with E-state index in [1.54, 1.807) is 59.6 Å². The Kier molecular flexibility index (Phi) is 30.0. The molecule has 0 saturated carbocycles. The highest BCUT2D eigenvalue weighted by atomic mass is 32.2. The van der Waals surface area contributed by atoms with E-state index in [1.807, 2.05) is 72.8 Å². The molecular formula is C62H58O14S4. The van der Waals surface area contributed by atoms with Crippen LogP contribution in [0.4, 0.5) is 0 Å². The fourth-order valence-corrected chi connectivity index (χ4v) is 9.10. The molecule has 0 aromatic heterocycles. The van der Waals surface area contributed by atoms with Crippen LogP contribution in [-0.4, -0.2) is 87.0 Å². The summed E-state index contributed by atoms with van der Waals surface area (Å²) in [6.45, 7) is 21.5. The highest BCUT2D eigenvalue weighted by Crippen LogP contribution is 2.37. The summed E-state index contributed by atoms with van der Waals surface area (Å²) in [4.78, 5) is 72.9. The van der Waals surface area contributed by atoms with Crippen LogP contribution in [0.2, 0.25) is 0 Å². The molecule has 0 aliphatic rings. The van der Waals surface area contributed by atoms with Gasteiger partial charge in [-0.25, -0.2) is 28.8 Å². The van der Waals surface area contributed by atoms with Gasteiger partial charge >= 0.3 is 35.8 Å². The Morgan fingerprint density at radius 1 is 0.325 bits per heavy atom. The van der Waals surface area contributed by atoms with Crippen molar-refractivity contribution in [2.75, 3.05) is 51.1 Å². The first kappa shape index (κ1) is 64.1. The number of thioether (sulfide) groups is 2. The average molecular weight is 1160 g/mol. The van der Waals surface area contributed by atoms with Crippen molar-refractivity contribution >= 4 is 82.9 Å². The van der Waals surface area contributed by atoms with Crippen molar-refractivity contribution in [1.29, 1.82) is 0 Å². The molecule has 0 heterocycles. The number of carbonyl (C=O) groups excluding carboxylic acids is 6. The third-order valence-electron chi connectivity index (χ3n) is 9.63. The van der Waals surface area contributed by atoms with Gasteiger partial charge in [0.05, 0.1) is 0 Å². The molecule has 414 valence electrons. The molecular weight excluding hydrogens is 1100 g/mol. The maximum atomic E-state index is 11.1. The van der Waals surface area contributed by atoms with Crippen LogP contribution in [0.25, 0.3) is 11.1 Å². The highest BCUT2D eigenvalue weighted by molar-refractivity contribution is 8.00. The second-order valence-corrected chi connectivity index (χ2v) is 19.8. The van der Waals surface area contributed by atoms with Crippen LogP contribution in [0.15, 0.2) is 251 Å². The Hall–Kier alpha value is -8.42. The van der Waals surface area contributed by atoms with Gasteiger partial charge in [-0.05, 0) is 109 Å². The third-order valence-corrected chi connectivity index (χ3v) is 13.6. The monoisotopic (exact) mass is 1150 g/mol. The van der Waals surface area contributed by atoms with Crippen LogP contribution in [0.3, 0.4) is 0 Å². The number of hydrogen-bond acceptors (Lipinski definition) is 18. The van der Waals surface area contributed by atoms with Gasteiger partial charge in [-0.2, -0.15) is 0 Å². The van der Waals surface area contributed by atoms with Crippen molar-refractivity contribution in [3.05, 3.63) is 222 Å². The van der Waals surface area contributed by atoms with E-state index in [4.69, 9.17) is 37.9 Å². The van der Waals surface area contributed by atoms with Crippen molar-refractivity contribution in [1.82, 2.24) is 0 Å². The molecule has 0 spiro atoms. The number of rotatable bonds is 29. The largest absolute Gasteiger partial charge is 0.489 e. The second kappa shape index (κ2) is 37.4. The molecule has 6 aromatic rings. The van der Waals surface area contributed by atoms with Gasteiger partial charge in [-0.1, -0.05) is 99.4 Å². The number of hydrogen-bond donors (Lipinski definition) is 0. The molecule has 0 amide bonds. The molecule has 0 bridgehead atoms. The predicted octanol–water partition coefficient (Wildman–Crippen LogP) is 13.1. The summed E-state index contributed by atoms with van der Waals surface area (Å²) in [5, 5.41) is 0. The Morgan fingerprint density at radius 3 is 0.912 bits per heavy atom. The molecule has 0 unspecified atom stereocenters. The standard InChI is InChI=1S/C22H22O6.C22H22O4S3.C18H14O4S/c1-3-21(23)27-15-13-25-19-11-7-5-9-17(19)18-10-6-8-12-20(18)26-14-16-28-22(24)4-2;1-3-21(23)25-13-15-27-17-5-9-19(10-6-17)29-20-11-7-18(8-12-20)28-16-14-26-22(24)4-2;1-3-17(19)21-13-5-9-15(10-6-13)23-16-11-7-14(8-12-16)22-18(20)4-2/h3-12H,1-2,13-16H2;3-12H,1-2,13-16H2;3-12H,1-2H2. The minimum Gasteiger partial charge on any atom is -0.489 e. The SMILES string of the molecule is C=CC(=O)OCCOc1ccccc1-c1ccccc1OCCOC(=O)C=C.C=CC(=O)OCCSc1ccc(Sc2ccc(SCCOC(=O)C=C)cc2)cc1.C=CC(=O)Oc1ccc(Sc2ccc(OC(=O)C=C)cc2)cc1. The summed E-state index contributed by atoms with van der Waals surface area (Å²) in [5.41, 5.74) is 1.66. The van der Waals surface area contributed by atoms with Crippen molar-refractivity contribution < 1.29 is 66.7 Å². The first-order valence-corrected chi connectivity index (χ1v) is 27.8. The molecule has 0 radical (unpaired) electrons. The summed E-state index contributed by atoms with van der Waals surface area (Å²) >= 11 is 6.51. The van der Waals surface area contributed by atoms with E-state index in [0.717, 1.165) is 64.8 Å². The van der Waals surface area contributed by atoms with E-state index in [1.165, 1.54) is 23.9 Å². The Bertz CT molecular complexity index is 2810. The predicted molar refractivity (Wildman–Crippen MR) is 315 cm³/mol. The van der Waals surface area contributed by atoms with Crippen molar-refractivity contribution in [3.63, 3.8) is 0 Å². The van der Waals surface area contributed by atoms with E-state index in [-0.39, 0.29) is 26.4 Å². The van der Waals surface area contributed by atoms with E-state index in [2.05, 4.69) is 88.0 Å². The molecule has 6 rings (SSSR count). The molecule has 0 aliphatic carbocycles. The van der Waals surface area contributed by atoms with Gasteiger partial charge in [0.25, 0.3) is 0 Å². The number of ether oxygens (including phenoxy) is 8. The Balaban J connectivity index is 0.000000260. The lowest BCUT2D eigenvalue weighted by atomic mass is 10.0. The topological polar surface area (TPSA) is 176 Å². The number of esters is 6. The van der Waals surface area contributed by atoms with E-state index in [9.17, 15) is 28.8 Å². The summed E-state index contributed by atoms with van der Waals surface area (Å²) in [6, 6.07) is 45.8. The lowest BCUT2D eigenvalue weighted by Crippen LogP contribution is -2.11. The van der Waals surface area contributed by atoms with Crippen LogP contribution in [0, 0.1) is 0 Å². The fraction of sp³-hybridized carbons (Fsp3) is 0.129. The van der Waals surface area contributed by atoms with Gasteiger partial charge in [-0.15, -0.1) is 23.5 Å². The van der Waals surface area contributed by atoms with E-state index >= 15 is 0 Å². The second-order valence-electron chi connectivity index (χ2n) is 15.2. The molecule has 0 aliphatic heterocycles. The molecule has 0 fully saturated rings. The number of carbonyl (C=O) groups is 6. The van der Waals surface area contributed by atoms with Gasteiger partial charge < -0.3 is 37.9 Å². The summed E-state index contributed by atoms with van der Waals surface area (Å²) in [7, 11) is 0. The van der Waals surface area contributed by atoms with Crippen molar-refractivity contribution in [2.45, 2.75) is 29.4 Å². The minimum atomic E-state index is -0.493. The van der Waals surface area contributed by atoms with Crippen LogP contribution in [-0.2, 0) is 47.7 Å². The van der Waals surface area contributed by atoms with Gasteiger partial charge in [0.2, 0.25) is 0 Å². The Labute approximate surface area is 482 Å². The third kappa shape index (κ3) is 25.4. The number of benzene rings is 6. The first-order chi connectivity index (χ1) is 38.9. The number of para-hydroxylation sites is 2. The maximum absolute atomic E-state index is 11.1. The van der Waals surface area contributed by atoms with Crippen LogP contribution >= 0.6 is 47.0 Å². The molecule has 14 nitrogen and oxygen atoms in total. The van der Waals surface area contributed by atoms with E-state index < -0.39 is 35.8 Å². The highest BCUT2D eigenvalue weighted by Gasteiger charge is 2.12. The van der Waals surface area contributed by atoms with Gasteiger partial charge in [-0.3, -0.25) is 0 Å². The fourth-order valence-electron chi connectivity index (χ4n) is 6.00. The van der Waals surface area contributed by atoms with Crippen molar-refractivity contribution in [3.8, 4) is 34.1 Å². The average Bonchev–Trinajstić information content (AvgIpc) is 3.49. The van der Waals surface area contributed by atoms with Crippen LogP contribution in [0.1, 0.15) is 0 Å². The zero-order valence-electron chi connectivity index (χ0n) is 43.6. The lowest BCUT2D eigenvalue weighted by Gasteiger charge is -2.15. The van der Waals surface area contributed by atoms with Gasteiger partial charge in [0.15, 0.2) is 0 Å². The van der Waals surface area contributed by atoms with Gasteiger partial charge in [0, 0.05) is 88.5 Å². The summed E-state index contributed by atoms with van der Waals surface area (Å²) in [5.74, 6) is 0.853. The molecule has 0 atom stereocenters. The molecule has 0 N–H and O–H groups in total. The van der Waals surface area contributed by atoms with Crippen LogP contribution < -0.4 is 18.9 Å². The first-order valence-electron chi connectivity index (χ1n) is 24.2.